The minimum Gasteiger partial charge on any atom is -0.342 e. The topological polar surface area (TPSA) is 44.0 Å². The highest BCUT2D eigenvalue weighted by atomic mass is 15.2. The van der Waals surface area contributed by atoms with Crippen LogP contribution in [0.3, 0.4) is 0 Å². The summed E-state index contributed by atoms with van der Waals surface area (Å²) in [5, 5.41) is 3.39. The fraction of sp³-hybridized carbons (Fsp3) is 0.526. The predicted molar refractivity (Wildman–Crippen MR) is 95.6 cm³/mol. The molecule has 0 amide bonds. The molecule has 2 heterocycles. The van der Waals surface area contributed by atoms with Crippen LogP contribution in [0.1, 0.15) is 37.7 Å². The summed E-state index contributed by atoms with van der Waals surface area (Å²) in [6.45, 7) is 14.1. The van der Waals surface area contributed by atoms with Gasteiger partial charge in [-0.2, -0.15) is 0 Å². The third kappa shape index (κ3) is 3.82. The van der Waals surface area contributed by atoms with Crippen LogP contribution in [0.25, 0.3) is 11.4 Å². The van der Waals surface area contributed by atoms with E-state index in [-0.39, 0.29) is 5.41 Å². The highest BCUT2D eigenvalue weighted by Gasteiger charge is 2.16. The summed E-state index contributed by atoms with van der Waals surface area (Å²) in [6, 6.07) is 8.77. The van der Waals surface area contributed by atoms with Crippen molar-refractivity contribution in [2.75, 3.05) is 26.2 Å². The molecule has 0 atom stereocenters. The molecule has 4 heteroatoms. The van der Waals surface area contributed by atoms with Gasteiger partial charge in [-0.15, -0.1) is 0 Å². The van der Waals surface area contributed by atoms with Crippen LogP contribution in [0.15, 0.2) is 24.3 Å². The molecule has 23 heavy (non-hydrogen) atoms. The Bertz CT molecular complexity index is 643. The van der Waals surface area contributed by atoms with Crippen LogP contribution in [-0.2, 0) is 12.0 Å². The van der Waals surface area contributed by atoms with Crippen molar-refractivity contribution in [2.45, 2.75) is 39.7 Å². The Morgan fingerprint density at radius 3 is 2.35 bits per heavy atom. The van der Waals surface area contributed by atoms with Crippen LogP contribution in [0.4, 0.5) is 0 Å². The number of hydrogen-bond donors (Lipinski definition) is 2. The molecule has 1 aliphatic rings. The summed E-state index contributed by atoms with van der Waals surface area (Å²) in [7, 11) is 0. The molecule has 2 N–H and O–H groups in total. The third-order valence-electron chi connectivity index (χ3n) is 4.59. The van der Waals surface area contributed by atoms with Crippen LogP contribution >= 0.6 is 0 Å². The summed E-state index contributed by atoms with van der Waals surface area (Å²) in [4.78, 5) is 10.8. The van der Waals surface area contributed by atoms with Crippen molar-refractivity contribution in [3.05, 3.63) is 41.2 Å². The lowest BCUT2D eigenvalue weighted by molar-refractivity contribution is 0.230. The first-order valence-corrected chi connectivity index (χ1v) is 8.53. The molecule has 3 rings (SSSR count). The second-order valence-electron chi connectivity index (χ2n) is 7.51. The summed E-state index contributed by atoms with van der Waals surface area (Å²) >= 11 is 0. The molecule has 0 saturated carbocycles. The Balaban J connectivity index is 1.77. The molecular weight excluding hydrogens is 284 g/mol. The molecule has 124 valence electrons. The number of nitrogens with zero attached hydrogens (tertiary/aromatic N) is 2. The predicted octanol–water partition coefficient (Wildman–Crippen LogP) is 3.09. The summed E-state index contributed by atoms with van der Waals surface area (Å²) in [5.74, 6) is 0.980. The van der Waals surface area contributed by atoms with Crippen LogP contribution in [-0.4, -0.2) is 41.0 Å². The number of benzene rings is 1. The molecule has 1 aliphatic heterocycles. The standard InChI is InChI=1S/C19H28N4/c1-14-17(13-23-11-9-20-10-12-23)22-18(21-14)15-5-7-16(8-6-15)19(2,3)4/h5-8,20H,9-13H2,1-4H3,(H,21,22). The van der Waals surface area contributed by atoms with Crippen molar-refractivity contribution in [3.63, 3.8) is 0 Å². The first-order chi connectivity index (χ1) is 10.9. The van der Waals surface area contributed by atoms with E-state index in [1.807, 2.05) is 0 Å². The Hall–Kier alpha value is -1.65. The number of aryl methyl sites for hydroxylation is 1. The van der Waals surface area contributed by atoms with Gasteiger partial charge in [0.2, 0.25) is 0 Å². The van der Waals surface area contributed by atoms with E-state index in [1.54, 1.807) is 0 Å². The number of H-pyrrole nitrogens is 1. The van der Waals surface area contributed by atoms with Gasteiger partial charge in [0.05, 0.1) is 5.69 Å². The van der Waals surface area contributed by atoms with Crippen LogP contribution < -0.4 is 5.32 Å². The Morgan fingerprint density at radius 1 is 1.09 bits per heavy atom. The zero-order valence-electron chi connectivity index (χ0n) is 14.7. The van der Waals surface area contributed by atoms with Crippen LogP contribution in [0.5, 0.6) is 0 Å². The molecule has 0 aliphatic carbocycles. The quantitative estimate of drug-likeness (QED) is 0.915. The fourth-order valence-electron chi connectivity index (χ4n) is 3.00. The normalized spacial score (nSPS) is 16.7. The van der Waals surface area contributed by atoms with E-state index in [0.29, 0.717) is 0 Å². The molecule has 0 radical (unpaired) electrons. The maximum Gasteiger partial charge on any atom is 0.137 e. The van der Waals surface area contributed by atoms with E-state index >= 15 is 0 Å². The molecule has 1 fully saturated rings. The fourth-order valence-corrected chi connectivity index (χ4v) is 3.00. The van der Waals surface area contributed by atoms with Gasteiger partial charge >= 0.3 is 0 Å². The van der Waals surface area contributed by atoms with Gasteiger partial charge in [-0.05, 0) is 17.9 Å². The lowest BCUT2D eigenvalue weighted by atomic mass is 9.87. The molecule has 0 unspecified atom stereocenters. The van der Waals surface area contributed by atoms with E-state index in [2.05, 4.69) is 67.2 Å². The molecule has 0 bridgehead atoms. The van der Waals surface area contributed by atoms with E-state index in [9.17, 15) is 0 Å². The molecule has 2 aromatic rings. The largest absolute Gasteiger partial charge is 0.342 e. The molecule has 1 saturated heterocycles. The number of aromatic nitrogens is 2. The number of nitrogens with one attached hydrogen (secondary N) is 2. The van der Waals surface area contributed by atoms with Gasteiger partial charge in [0.25, 0.3) is 0 Å². The molecule has 1 aromatic heterocycles. The number of imidazole rings is 1. The van der Waals surface area contributed by atoms with Gasteiger partial charge in [-0.3, -0.25) is 4.90 Å². The second-order valence-corrected chi connectivity index (χ2v) is 7.51. The summed E-state index contributed by atoms with van der Waals surface area (Å²) < 4.78 is 0. The lowest BCUT2D eigenvalue weighted by Crippen LogP contribution is -2.43. The molecular formula is C19H28N4. The Kier molecular flexibility index (Phi) is 4.55. The minimum atomic E-state index is 0.186. The molecule has 4 nitrogen and oxygen atoms in total. The maximum atomic E-state index is 4.85. The number of aromatic amines is 1. The third-order valence-corrected chi connectivity index (χ3v) is 4.59. The van der Waals surface area contributed by atoms with Crippen molar-refractivity contribution >= 4 is 0 Å². The Labute approximate surface area is 139 Å². The number of rotatable bonds is 3. The van der Waals surface area contributed by atoms with Crippen molar-refractivity contribution in [1.29, 1.82) is 0 Å². The van der Waals surface area contributed by atoms with E-state index in [4.69, 9.17) is 4.98 Å². The minimum absolute atomic E-state index is 0.186. The van der Waals surface area contributed by atoms with Crippen LogP contribution in [0, 0.1) is 6.92 Å². The SMILES string of the molecule is Cc1[nH]c(-c2ccc(C(C)(C)C)cc2)nc1CN1CCNCC1. The second kappa shape index (κ2) is 6.46. The van der Waals surface area contributed by atoms with Crippen molar-refractivity contribution in [1.82, 2.24) is 20.2 Å². The molecule has 1 aromatic carbocycles. The summed E-state index contributed by atoms with van der Waals surface area (Å²) in [5.41, 5.74) is 5.05. The highest BCUT2D eigenvalue weighted by molar-refractivity contribution is 5.57. The van der Waals surface area contributed by atoms with E-state index in [1.165, 1.54) is 17.0 Å². The number of hydrogen-bond acceptors (Lipinski definition) is 3. The number of piperazine rings is 1. The zero-order valence-corrected chi connectivity index (χ0v) is 14.7. The lowest BCUT2D eigenvalue weighted by Gasteiger charge is -2.26. The highest BCUT2D eigenvalue weighted by Crippen LogP contribution is 2.25. The van der Waals surface area contributed by atoms with Gasteiger partial charge in [-0.1, -0.05) is 45.0 Å². The average molecular weight is 312 g/mol. The van der Waals surface area contributed by atoms with Gasteiger partial charge in [0.15, 0.2) is 0 Å². The first-order valence-electron chi connectivity index (χ1n) is 8.53. The first kappa shape index (κ1) is 16.2. The van der Waals surface area contributed by atoms with Gasteiger partial charge in [0.1, 0.15) is 5.82 Å². The maximum absolute atomic E-state index is 4.85. The van der Waals surface area contributed by atoms with Crippen LogP contribution in [0.2, 0.25) is 0 Å². The Morgan fingerprint density at radius 2 is 1.74 bits per heavy atom. The summed E-state index contributed by atoms with van der Waals surface area (Å²) in [6.07, 6.45) is 0. The van der Waals surface area contributed by atoms with Crippen molar-refractivity contribution in [2.24, 2.45) is 0 Å². The van der Waals surface area contributed by atoms with E-state index < -0.39 is 0 Å². The van der Waals surface area contributed by atoms with Crippen molar-refractivity contribution < 1.29 is 0 Å². The van der Waals surface area contributed by atoms with E-state index in [0.717, 1.165) is 44.1 Å². The molecule has 0 spiro atoms. The monoisotopic (exact) mass is 312 g/mol. The zero-order chi connectivity index (χ0) is 16.4. The van der Waals surface area contributed by atoms with Gasteiger partial charge in [0, 0.05) is 44.0 Å². The van der Waals surface area contributed by atoms with Gasteiger partial charge in [-0.25, -0.2) is 4.98 Å². The smallest absolute Gasteiger partial charge is 0.137 e. The van der Waals surface area contributed by atoms with Gasteiger partial charge < -0.3 is 10.3 Å². The average Bonchev–Trinajstić information content (AvgIpc) is 2.89. The van der Waals surface area contributed by atoms with Crippen molar-refractivity contribution in [3.8, 4) is 11.4 Å².